The van der Waals surface area contributed by atoms with Crippen LogP contribution in [0, 0.1) is 0 Å². The van der Waals surface area contributed by atoms with Gasteiger partial charge in [-0.3, -0.25) is 14.2 Å². The van der Waals surface area contributed by atoms with Crippen molar-refractivity contribution < 1.29 is 18.7 Å². The number of carbonyl (C=O) groups is 1. The molecule has 0 spiro atoms. The lowest BCUT2D eigenvalue weighted by molar-refractivity contribution is -0.116. The van der Waals surface area contributed by atoms with Gasteiger partial charge in [-0.2, -0.15) is 0 Å². The van der Waals surface area contributed by atoms with Gasteiger partial charge in [0.25, 0.3) is 11.5 Å². The van der Waals surface area contributed by atoms with E-state index in [-0.39, 0.29) is 17.8 Å². The SMILES string of the molecule is COc1ccc(C=C(C(=O)NCc2ccco2)n2ccccc2=O)cc1OC. The van der Waals surface area contributed by atoms with Crippen molar-refractivity contribution in [2.75, 3.05) is 14.2 Å². The molecule has 1 aromatic carbocycles. The Balaban J connectivity index is 1.98. The minimum Gasteiger partial charge on any atom is -0.493 e. The van der Waals surface area contributed by atoms with E-state index in [0.717, 1.165) is 0 Å². The summed E-state index contributed by atoms with van der Waals surface area (Å²) in [6.07, 6.45) is 4.69. The minimum absolute atomic E-state index is 0.171. The van der Waals surface area contributed by atoms with Crippen LogP contribution in [0.5, 0.6) is 11.5 Å². The quantitative estimate of drug-likeness (QED) is 0.638. The minimum atomic E-state index is -0.417. The number of pyridine rings is 1. The summed E-state index contributed by atoms with van der Waals surface area (Å²) in [6.45, 7) is 0.205. The lowest BCUT2D eigenvalue weighted by Crippen LogP contribution is -2.30. The molecular formula is C21H20N2O5. The second-order valence-electron chi connectivity index (χ2n) is 5.81. The van der Waals surface area contributed by atoms with Gasteiger partial charge >= 0.3 is 0 Å². The summed E-state index contributed by atoms with van der Waals surface area (Å²) in [5, 5.41) is 2.77. The highest BCUT2D eigenvalue weighted by Gasteiger charge is 2.14. The number of aromatic nitrogens is 1. The van der Waals surface area contributed by atoms with Crippen LogP contribution in [0.3, 0.4) is 0 Å². The lowest BCUT2D eigenvalue weighted by atomic mass is 10.1. The monoisotopic (exact) mass is 380 g/mol. The van der Waals surface area contributed by atoms with Gasteiger partial charge in [-0.25, -0.2) is 0 Å². The van der Waals surface area contributed by atoms with Crippen molar-refractivity contribution in [3.8, 4) is 11.5 Å². The van der Waals surface area contributed by atoms with Crippen LogP contribution in [0.2, 0.25) is 0 Å². The van der Waals surface area contributed by atoms with E-state index in [1.54, 1.807) is 61.8 Å². The Bertz CT molecular complexity index is 1030. The number of ether oxygens (including phenoxy) is 2. The second-order valence-corrected chi connectivity index (χ2v) is 5.81. The van der Waals surface area contributed by atoms with Crippen LogP contribution in [0.4, 0.5) is 0 Å². The maximum Gasteiger partial charge on any atom is 0.268 e. The molecular weight excluding hydrogens is 360 g/mol. The standard InChI is InChI=1S/C21H20N2O5/c1-26-18-9-8-15(13-19(18)27-2)12-17(23-10-4-3-7-20(23)24)21(25)22-14-16-6-5-11-28-16/h3-13H,14H2,1-2H3,(H,22,25). The molecule has 7 heteroatoms. The van der Waals surface area contributed by atoms with Gasteiger partial charge in [-0.05, 0) is 42.0 Å². The predicted molar refractivity (Wildman–Crippen MR) is 105 cm³/mol. The Morgan fingerprint density at radius 2 is 1.93 bits per heavy atom. The Kier molecular flexibility index (Phi) is 5.96. The van der Waals surface area contributed by atoms with Crippen LogP contribution in [0.15, 0.2) is 70.2 Å². The van der Waals surface area contributed by atoms with Gasteiger partial charge in [0.15, 0.2) is 11.5 Å². The average Bonchev–Trinajstić information content (AvgIpc) is 3.24. The van der Waals surface area contributed by atoms with E-state index in [1.807, 2.05) is 0 Å². The first-order valence-electron chi connectivity index (χ1n) is 8.54. The molecule has 0 radical (unpaired) electrons. The molecule has 0 aliphatic rings. The largest absolute Gasteiger partial charge is 0.493 e. The third kappa shape index (κ3) is 4.32. The normalized spacial score (nSPS) is 11.1. The van der Waals surface area contributed by atoms with E-state index in [4.69, 9.17) is 13.9 Å². The van der Waals surface area contributed by atoms with Gasteiger partial charge in [0.2, 0.25) is 0 Å². The summed E-state index contributed by atoms with van der Waals surface area (Å²) < 4.78 is 17.1. The van der Waals surface area contributed by atoms with E-state index >= 15 is 0 Å². The molecule has 2 heterocycles. The van der Waals surface area contributed by atoms with Gasteiger partial charge in [0, 0.05) is 12.3 Å². The number of amides is 1. The fourth-order valence-corrected chi connectivity index (χ4v) is 2.64. The molecule has 0 fully saturated rings. The van der Waals surface area contributed by atoms with E-state index in [2.05, 4.69) is 5.32 Å². The van der Waals surface area contributed by atoms with Crippen LogP contribution < -0.4 is 20.3 Å². The maximum atomic E-state index is 12.8. The number of nitrogens with one attached hydrogen (secondary N) is 1. The number of rotatable bonds is 7. The van der Waals surface area contributed by atoms with Crippen molar-refractivity contribution in [1.29, 1.82) is 0 Å². The predicted octanol–water partition coefficient (Wildman–Crippen LogP) is 2.77. The summed E-state index contributed by atoms with van der Waals surface area (Å²) >= 11 is 0. The summed E-state index contributed by atoms with van der Waals surface area (Å²) in [5.74, 6) is 1.28. The summed E-state index contributed by atoms with van der Waals surface area (Å²) in [7, 11) is 3.08. The number of carbonyl (C=O) groups excluding carboxylic acids is 1. The van der Waals surface area contributed by atoms with E-state index in [1.165, 1.54) is 24.0 Å². The van der Waals surface area contributed by atoms with Gasteiger partial charge in [-0.15, -0.1) is 0 Å². The van der Waals surface area contributed by atoms with E-state index in [0.29, 0.717) is 22.8 Å². The molecule has 2 aromatic heterocycles. The zero-order valence-electron chi connectivity index (χ0n) is 15.5. The molecule has 144 valence electrons. The van der Waals surface area contributed by atoms with Gasteiger partial charge in [0.05, 0.1) is 27.0 Å². The Hall–Kier alpha value is -3.74. The third-order valence-corrected chi connectivity index (χ3v) is 4.03. The molecule has 1 amide bonds. The topological polar surface area (TPSA) is 82.7 Å². The van der Waals surface area contributed by atoms with E-state index in [9.17, 15) is 9.59 Å². The van der Waals surface area contributed by atoms with Gasteiger partial charge in [-0.1, -0.05) is 12.1 Å². The Morgan fingerprint density at radius 3 is 2.61 bits per heavy atom. The highest BCUT2D eigenvalue weighted by atomic mass is 16.5. The number of nitrogens with zero attached hydrogens (tertiary/aromatic N) is 1. The summed E-state index contributed by atoms with van der Waals surface area (Å²) in [5.41, 5.74) is 0.531. The number of furan rings is 1. The fourth-order valence-electron chi connectivity index (χ4n) is 2.64. The van der Waals surface area contributed by atoms with Crippen LogP contribution in [0.25, 0.3) is 11.8 Å². The average molecular weight is 380 g/mol. The Labute approximate surface area is 161 Å². The van der Waals surface area contributed by atoms with Crippen molar-refractivity contribution in [2.45, 2.75) is 6.54 Å². The van der Waals surface area contributed by atoms with E-state index < -0.39 is 5.91 Å². The third-order valence-electron chi connectivity index (χ3n) is 4.03. The smallest absolute Gasteiger partial charge is 0.268 e. The molecule has 0 saturated carbocycles. The zero-order chi connectivity index (χ0) is 19.9. The number of benzene rings is 1. The first-order chi connectivity index (χ1) is 13.6. The van der Waals surface area contributed by atoms with Crippen molar-refractivity contribution in [3.05, 3.63) is 82.7 Å². The molecule has 1 N–H and O–H groups in total. The number of hydrogen-bond acceptors (Lipinski definition) is 5. The van der Waals surface area contributed by atoms with Gasteiger partial charge in [0.1, 0.15) is 11.5 Å². The molecule has 0 aliphatic carbocycles. The lowest BCUT2D eigenvalue weighted by Gasteiger charge is -2.12. The summed E-state index contributed by atoms with van der Waals surface area (Å²) in [6, 6.07) is 13.4. The van der Waals surface area contributed by atoms with Crippen LogP contribution >= 0.6 is 0 Å². The van der Waals surface area contributed by atoms with Crippen LogP contribution in [-0.2, 0) is 11.3 Å². The highest BCUT2D eigenvalue weighted by Crippen LogP contribution is 2.28. The zero-order valence-corrected chi connectivity index (χ0v) is 15.5. The van der Waals surface area contributed by atoms with Crippen LogP contribution in [0.1, 0.15) is 11.3 Å². The van der Waals surface area contributed by atoms with Gasteiger partial charge < -0.3 is 19.2 Å². The molecule has 0 unspecified atom stereocenters. The first-order valence-corrected chi connectivity index (χ1v) is 8.54. The molecule has 0 bridgehead atoms. The van der Waals surface area contributed by atoms with Crippen molar-refractivity contribution in [3.63, 3.8) is 0 Å². The second kappa shape index (κ2) is 8.77. The van der Waals surface area contributed by atoms with Crippen molar-refractivity contribution >= 4 is 17.7 Å². The maximum absolute atomic E-state index is 12.8. The molecule has 7 nitrogen and oxygen atoms in total. The summed E-state index contributed by atoms with van der Waals surface area (Å²) in [4.78, 5) is 25.1. The van der Waals surface area contributed by atoms with Crippen LogP contribution in [-0.4, -0.2) is 24.7 Å². The molecule has 28 heavy (non-hydrogen) atoms. The molecule has 0 atom stereocenters. The van der Waals surface area contributed by atoms with Crippen molar-refractivity contribution in [2.24, 2.45) is 0 Å². The molecule has 3 aromatic rings. The first kappa shape index (κ1) is 19.0. The molecule has 0 saturated heterocycles. The number of methoxy groups -OCH3 is 2. The Morgan fingerprint density at radius 1 is 1.11 bits per heavy atom. The highest BCUT2D eigenvalue weighted by molar-refractivity contribution is 6.18. The fraction of sp³-hybridized carbons (Fsp3) is 0.143. The van der Waals surface area contributed by atoms with Crippen molar-refractivity contribution in [1.82, 2.24) is 9.88 Å². The molecule has 3 rings (SSSR count). The number of hydrogen-bond donors (Lipinski definition) is 1. The molecule has 0 aliphatic heterocycles.